The number of methoxy groups -OCH3 is 1. The second-order valence-corrected chi connectivity index (χ2v) is 9.74. The van der Waals surface area contributed by atoms with Crippen molar-refractivity contribution in [2.24, 2.45) is 0 Å². The molecule has 1 fully saturated rings. The average Bonchev–Trinajstić information content (AvgIpc) is 3.22. The number of benzene rings is 2. The van der Waals surface area contributed by atoms with Gasteiger partial charge in [0.2, 0.25) is 0 Å². The molecule has 2 aromatic carbocycles. The summed E-state index contributed by atoms with van der Waals surface area (Å²) in [6.45, 7) is -0.555. The lowest BCUT2D eigenvalue weighted by atomic mass is 9.88. The number of nitrogens with one attached hydrogen (secondary N) is 2. The molecule has 0 bridgehead atoms. The first-order chi connectivity index (χ1) is 19.1. The van der Waals surface area contributed by atoms with Gasteiger partial charge in [-0.2, -0.15) is 13.2 Å². The molecule has 2 aliphatic rings. The van der Waals surface area contributed by atoms with Crippen LogP contribution in [0.15, 0.2) is 54.7 Å². The molecule has 3 atom stereocenters. The highest BCUT2D eigenvalue weighted by Gasteiger charge is 2.48. The Morgan fingerprint density at radius 2 is 1.75 bits per heavy atom. The third kappa shape index (κ3) is 5.30. The Balaban J connectivity index is 1.45. The number of anilines is 1. The van der Waals surface area contributed by atoms with Crippen LogP contribution in [0.4, 0.5) is 32.6 Å². The zero-order chi connectivity index (χ0) is 28.6. The molecule has 0 radical (unpaired) electrons. The van der Waals surface area contributed by atoms with Gasteiger partial charge in [0.05, 0.1) is 12.7 Å². The predicted octanol–water partition coefficient (Wildman–Crippen LogP) is 4.74. The third-order valence-corrected chi connectivity index (χ3v) is 7.29. The number of amides is 3. The normalized spacial score (nSPS) is 20.7. The minimum atomic E-state index is -4.85. The van der Waals surface area contributed by atoms with E-state index in [1.54, 1.807) is 0 Å². The molecule has 1 aromatic heterocycles. The zero-order valence-electron chi connectivity index (χ0n) is 21.3. The number of aryl methyl sites for hydroxylation is 1. The maximum Gasteiger partial charge on any atom is 0.419 e. The number of nitrogens with zero attached hydrogens (tertiary/aromatic N) is 2. The Hall–Kier alpha value is -4.22. The molecule has 12 heteroatoms. The SMILES string of the molecule is COc1cc(F)c([C@@H]2CN(c3ncccc3C(F)(F)F)C(=O)[C@H]2NC(=O)NC2CCc3ccccc3C2)c(F)c1. The van der Waals surface area contributed by atoms with Crippen LogP contribution in [0.3, 0.4) is 0 Å². The first-order valence-electron chi connectivity index (χ1n) is 12.6. The van der Waals surface area contributed by atoms with E-state index in [-0.39, 0.29) is 11.8 Å². The monoisotopic (exact) mass is 560 g/mol. The van der Waals surface area contributed by atoms with Crippen LogP contribution in [-0.4, -0.2) is 42.7 Å². The number of hydrogen-bond acceptors (Lipinski definition) is 4. The molecule has 40 heavy (non-hydrogen) atoms. The molecule has 2 N–H and O–H groups in total. The van der Waals surface area contributed by atoms with E-state index in [1.807, 2.05) is 24.3 Å². The van der Waals surface area contributed by atoms with Gasteiger partial charge in [-0.25, -0.2) is 18.6 Å². The van der Waals surface area contributed by atoms with E-state index in [9.17, 15) is 22.8 Å². The number of alkyl halides is 3. The van der Waals surface area contributed by atoms with Crippen LogP contribution < -0.4 is 20.3 Å². The number of carbonyl (C=O) groups is 2. The fourth-order valence-corrected chi connectivity index (χ4v) is 5.40. The van der Waals surface area contributed by atoms with Crippen molar-refractivity contribution in [2.75, 3.05) is 18.6 Å². The molecule has 1 unspecified atom stereocenters. The first-order valence-corrected chi connectivity index (χ1v) is 12.6. The average molecular weight is 561 g/mol. The molecule has 1 aliphatic carbocycles. The van der Waals surface area contributed by atoms with Gasteiger partial charge in [-0.05, 0) is 42.5 Å². The summed E-state index contributed by atoms with van der Waals surface area (Å²) in [6, 6.07) is 8.80. The molecular formula is C28H25F5N4O3. The van der Waals surface area contributed by atoms with E-state index in [1.165, 1.54) is 12.7 Å². The molecule has 1 saturated heterocycles. The van der Waals surface area contributed by atoms with Crippen molar-refractivity contribution >= 4 is 17.8 Å². The van der Waals surface area contributed by atoms with Crippen molar-refractivity contribution in [1.29, 1.82) is 0 Å². The Labute approximate surface area is 226 Å². The van der Waals surface area contributed by atoms with E-state index >= 15 is 8.78 Å². The summed E-state index contributed by atoms with van der Waals surface area (Å²) >= 11 is 0. The molecule has 3 amide bonds. The maximum atomic E-state index is 15.1. The van der Waals surface area contributed by atoms with Crippen LogP contribution in [0.2, 0.25) is 0 Å². The molecule has 1 aliphatic heterocycles. The third-order valence-electron chi connectivity index (χ3n) is 7.29. The van der Waals surface area contributed by atoms with Crippen molar-refractivity contribution in [1.82, 2.24) is 15.6 Å². The van der Waals surface area contributed by atoms with Crippen LogP contribution in [0, 0.1) is 11.6 Å². The lowest BCUT2D eigenvalue weighted by molar-refractivity contribution is -0.137. The summed E-state index contributed by atoms with van der Waals surface area (Å²) in [5.74, 6) is -5.31. The molecule has 7 nitrogen and oxygen atoms in total. The van der Waals surface area contributed by atoms with Gasteiger partial charge in [0.15, 0.2) is 0 Å². The number of halogens is 5. The number of hydrogen-bond donors (Lipinski definition) is 2. The van der Waals surface area contributed by atoms with Crippen molar-refractivity contribution in [3.8, 4) is 5.75 Å². The number of urea groups is 1. The van der Waals surface area contributed by atoms with Gasteiger partial charge in [-0.3, -0.25) is 9.69 Å². The largest absolute Gasteiger partial charge is 0.497 e. The standard InChI is InChI=1S/C28H25F5N4O3/c1-40-18-12-21(29)23(22(30)13-18)19-14-37(25-20(28(31,32)33)7-4-10-34-25)26(38)24(19)36-27(39)35-17-9-8-15-5-2-3-6-16(15)11-17/h2-7,10,12-13,17,19,24H,8-9,11,14H2,1H3,(H2,35,36,39)/t17?,19-,24-/m0/s1. The van der Waals surface area contributed by atoms with Gasteiger partial charge in [-0.15, -0.1) is 0 Å². The molecule has 210 valence electrons. The van der Waals surface area contributed by atoms with Crippen LogP contribution in [0.1, 0.15) is 34.6 Å². The van der Waals surface area contributed by atoms with Crippen molar-refractivity contribution in [3.05, 3.63) is 88.6 Å². The highest BCUT2D eigenvalue weighted by Crippen LogP contribution is 2.40. The van der Waals surface area contributed by atoms with E-state index in [4.69, 9.17) is 4.74 Å². The maximum absolute atomic E-state index is 15.1. The minimum Gasteiger partial charge on any atom is -0.497 e. The molecule has 2 heterocycles. The van der Waals surface area contributed by atoms with Crippen LogP contribution in [0.5, 0.6) is 5.75 Å². The molecular weight excluding hydrogens is 535 g/mol. The molecule has 5 rings (SSSR count). The first kappa shape index (κ1) is 27.4. The summed E-state index contributed by atoms with van der Waals surface area (Å²) in [7, 11) is 1.22. The summed E-state index contributed by atoms with van der Waals surface area (Å²) in [4.78, 5) is 31.0. The highest BCUT2D eigenvalue weighted by molar-refractivity contribution is 6.02. The lowest BCUT2D eigenvalue weighted by Crippen LogP contribution is -2.51. The fraction of sp³-hybridized carbons (Fsp3) is 0.321. The summed E-state index contributed by atoms with van der Waals surface area (Å²) in [5.41, 5.74) is 0.489. The number of carbonyl (C=O) groups excluding carboxylic acids is 2. The second kappa shape index (κ2) is 10.7. The van der Waals surface area contributed by atoms with Crippen LogP contribution in [-0.2, 0) is 23.8 Å². The smallest absolute Gasteiger partial charge is 0.419 e. The van der Waals surface area contributed by atoms with E-state index in [0.717, 1.165) is 42.4 Å². The minimum absolute atomic E-state index is 0.121. The van der Waals surface area contributed by atoms with Gasteiger partial charge in [0.25, 0.3) is 5.91 Å². The predicted molar refractivity (Wildman–Crippen MR) is 135 cm³/mol. The Morgan fingerprint density at radius 1 is 1.05 bits per heavy atom. The van der Waals surface area contributed by atoms with Gasteiger partial charge in [-0.1, -0.05) is 24.3 Å². The Bertz CT molecular complexity index is 1420. The number of aromatic nitrogens is 1. The fourth-order valence-electron chi connectivity index (χ4n) is 5.40. The quantitative estimate of drug-likeness (QED) is 0.442. The summed E-state index contributed by atoms with van der Waals surface area (Å²) < 4.78 is 76.4. The molecule has 0 saturated carbocycles. The summed E-state index contributed by atoms with van der Waals surface area (Å²) in [5, 5.41) is 5.27. The molecule has 0 spiro atoms. The van der Waals surface area contributed by atoms with Crippen LogP contribution >= 0.6 is 0 Å². The van der Waals surface area contributed by atoms with E-state index < -0.39 is 65.2 Å². The van der Waals surface area contributed by atoms with E-state index in [0.29, 0.717) is 17.7 Å². The zero-order valence-corrected chi connectivity index (χ0v) is 21.3. The van der Waals surface area contributed by atoms with Gasteiger partial charge < -0.3 is 15.4 Å². The Morgan fingerprint density at radius 3 is 2.42 bits per heavy atom. The van der Waals surface area contributed by atoms with Crippen molar-refractivity contribution < 1.29 is 36.3 Å². The van der Waals surface area contributed by atoms with Gasteiger partial charge in [0.1, 0.15) is 29.2 Å². The number of fused-ring (bicyclic) bond motifs is 1. The summed E-state index contributed by atoms with van der Waals surface area (Å²) in [6.07, 6.45) is -1.88. The van der Waals surface area contributed by atoms with Gasteiger partial charge in [0, 0.05) is 42.4 Å². The number of ether oxygens (including phenoxy) is 1. The van der Waals surface area contributed by atoms with Gasteiger partial charge >= 0.3 is 12.2 Å². The second-order valence-electron chi connectivity index (χ2n) is 9.74. The van der Waals surface area contributed by atoms with Crippen molar-refractivity contribution in [2.45, 2.75) is 43.4 Å². The molecule has 3 aromatic rings. The highest BCUT2D eigenvalue weighted by atomic mass is 19.4. The lowest BCUT2D eigenvalue weighted by Gasteiger charge is -2.27. The topological polar surface area (TPSA) is 83.6 Å². The number of rotatable bonds is 5. The van der Waals surface area contributed by atoms with Crippen molar-refractivity contribution in [3.63, 3.8) is 0 Å². The van der Waals surface area contributed by atoms with Crippen LogP contribution in [0.25, 0.3) is 0 Å². The Kier molecular flexibility index (Phi) is 7.35. The van der Waals surface area contributed by atoms with E-state index in [2.05, 4.69) is 15.6 Å². The number of pyridine rings is 1.